The molecule has 0 spiro atoms. The van der Waals surface area contributed by atoms with Crippen LogP contribution in [0.2, 0.25) is 0 Å². The minimum absolute atomic E-state index is 0.222. The van der Waals surface area contributed by atoms with Crippen LogP contribution < -0.4 is 34.5 Å². The molecule has 3 aromatic carbocycles. The summed E-state index contributed by atoms with van der Waals surface area (Å²) < 4.78 is 22.0. The van der Waals surface area contributed by atoms with Crippen molar-refractivity contribution in [3.8, 4) is 23.0 Å². The molecule has 42 heavy (non-hydrogen) atoms. The highest BCUT2D eigenvalue weighted by Crippen LogP contribution is 2.34. The number of nitrogens with zero attached hydrogens (tertiary/aromatic N) is 1. The third-order valence-corrected chi connectivity index (χ3v) is 5.98. The summed E-state index contributed by atoms with van der Waals surface area (Å²) in [5, 5.41) is 4.93. The van der Waals surface area contributed by atoms with Gasteiger partial charge in [-0.3, -0.25) is 19.7 Å². The standard InChI is InChI=1S/C31H31N3O8/c1-4-16-41-26-15-10-22(18-27(26)40-5-2)34-30(37)25(29(36)33-31(34)38)17-20-6-11-24(12-7-20)42-19-28(35)32-21-8-13-23(39-3)14-9-21/h6-15,17-18H,4-5,16,19H2,1-3H3,(H,32,35)(H,33,36,38)/b25-17+. The maximum absolute atomic E-state index is 13.3. The van der Waals surface area contributed by atoms with Gasteiger partial charge in [0.05, 0.1) is 26.0 Å². The van der Waals surface area contributed by atoms with E-state index >= 15 is 0 Å². The minimum Gasteiger partial charge on any atom is -0.497 e. The maximum Gasteiger partial charge on any atom is 0.335 e. The van der Waals surface area contributed by atoms with Gasteiger partial charge in [-0.05, 0) is 73.5 Å². The van der Waals surface area contributed by atoms with Crippen LogP contribution in [0.1, 0.15) is 25.8 Å². The lowest BCUT2D eigenvalue weighted by Crippen LogP contribution is -2.54. The monoisotopic (exact) mass is 573 g/mol. The molecule has 218 valence electrons. The van der Waals surface area contributed by atoms with Gasteiger partial charge in [-0.1, -0.05) is 19.1 Å². The summed E-state index contributed by atoms with van der Waals surface area (Å²) in [6.45, 7) is 4.38. The van der Waals surface area contributed by atoms with Crippen LogP contribution >= 0.6 is 0 Å². The van der Waals surface area contributed by atoms with Crippen LogP contribution in [0, 0.1) is 0 Å². The first-order valence-corrected chi connectivity index (χ1v) is 13.3. The lowest BCUT2D eigenvalue weighted by atomic mass is 10.1. The van der Waals surface area contributed by atoms with Gasteiger partial charge in [0.25, 0.3) is 17.7 Å². The van der Waals surface area contributed by atoms with Crippen molar-refractivity contribution in [3.63, 3.8) is 0 Å². The molecule has 3 aromatic rings. The highest BCUT2D eigenvalue weighted by atomic mass is 16.5. The van der Waals surface area contributed by atoms with E-state index in [2.05, 4.69) is 10.6 Å². The van der Waals surface area contributed by atoms with E-state index in [1.807, 2.05) is 13.8 Å². The largest absolute Gasteiger partial charge is 0.497 e. The number of anilines is 2. The average Bonchev–Trinajstić information content (AvgIpc) is 2.99. The number of amides is 5. The number of benzene rings is 3. The Hall–Kier alpha value is -5.32. The Morgan fingerprint density at radius 1 is 0.881 bits per heavy atom. The van der Waals surface area contributed by atoms with Crippen LogP contribution in [0.4, 0.5) is 16.2 Å². The number of hydrogen-bond donors (Lipinski definition) is 2. The van der Waals surface area contributed by atoms with E-state index in [0.717, 1.165) is 11.3 Å². The predicted molar refractivity (Wildman–Crippen MR) is 156 cm³/mol. The molecular weight excluding hydrogens is 542 g/mol. The van der Waals surface area contributed by atoms with Crippen molar-refractivity contribution >= 4 is 41.2 Å². The Labute approximate surface area is 243 Å². The van der Waals surface area contributed by atoms with E-state index in [9.17, 15) is 19.2 Å². The van der Waals surface area contributed by atoms with Crippen LogP contribution in [0.15, 0.2) is 72.3 Å². The number of carbonyl (C=O) groups excluding carboxylic acids is 4. The van der Waals surface area contributed by atoms with Crippen molar-refractivity contribution in [1.82, 2.24) is 5.32 Å². The molecule has 4 rings (SSSR count). The van der Waals surface area contributed by atoms with Gasteiger partial charge in [0.1, 0.15) is 17.1 Å². The molecule has 2 N–H and O–H groups in total. The number of ether oxygens (including phenoxy) is 4. The lowest BCUT2D eigenvalue weighted by molar-refractivity contribution is -0.122. The molecule has 5 amide bonds. The zero-order chi connectivity index (χ0) is 30.1. The van der Waals surface area contributed by atoms with E-state index in [0.29, 0.717) is 47.5 Å². The second-order valence-electron chi connectivity index (χ2n) is 9.00. The molecule has 0 bridgehead atoms. The normalized spacial score (nSPS) is 13.9. The summed E-state index contributed by atoms with van der Waals surface area (Å²) >= 11 is 0. The molecule has 0 atom stereocenters. The molecule has 1 aliphatic heterocycles. The lowest BCUT2D eigenvalue weighted by Gasteiger charge is -2.27. The summed E-state index contributed by atoms with van der Waals surface area (Å²) in [7, 11) is 1.56. The third-order valence-electron chi connectivity index (χ3n) is 5.98. The van der Waals surface area contributed by atoms with E-state index in [1.165, 1.54) is 12.1 Å². The summed E-state index contributed by atoms with van der Waals surface area (Å²) in [4.78, 5) is 51.7. The highest BCUT2D eigenvalue weighted by Gasteiger charge is 2.37. The summed E-state index contributed by atoms with van der Waals surface area (Å²) in [6.07, 6.45) is 2.17. The van der Waals surface area contributed by atoms with Gasteiger partial charge in [0.15, 0.2) is 18.1 Å². The summed E-state index contributed by atoms with van der Waals surface area (Å²) in [6, 6.07) is 17.2. The molecule has 0 radical (unpaired) electrons. The smallest absolute Gasteiger partial charge is 0.335 e. The van der Waals surface area contributed by atoms with Gasteiger partial charge in [-0.15, -0.1) is 0 Å². The number of methoxy groups -OCH3 is 1. The van der Waals surface area contributed by atoms with Crippen molar-refractivity contribution in [3.05, 3.63) is 77.9 Å². The molecule has 1 fully saturated rings. The van der Waals surface area contributed by atoms with Crippen LogP contribution in [0.5, 0.6) is 23.0 Å². The number of nitrogens with one attached hydrogen (secondary N) is 2. The van der Waals surface area contributed by atoms with Crippen molar-refractivity contribution in [2.45, 2.75) is 20.3 Å². The van der Waals surface area contributed by atoms with Gasteiger partial charge in [0.2, 0.25) is 0 Å². The number of hydrogen-bond acceptors (Lipinski definition) is 8. The number of imide groups is 2. The van der Waals surface area contributed by atoms with Crippen LogP contribution in [0.25, 0.3) is 6.08 Å². The fourth-order valence-corrected chi connectivity index (χ4v) is 3.97. The molecule has 1 aliphatic rings. The first-order valence-electron chi connectivity index (χ1n) is 13.3. The summed E-state index contributed by atoms with van der Waals surface area (Å²) in [5.41, 5.74) is 1.10. The molecule has 1 saturated heterocycles. The number of rotatable bonds is 12. The second kappa shape index (κ2) is 13.8. The predicted octanol–water partition coefficient (Wildman–Crippen LogP) is 4.57. The average molecular weight is 574 g/mol. The first kappa shape index (κ1) is 29.7. The molecule has 1 heterocycles. The molecule has 0 aromatic heterocycles. The Balaban J connectivity index is 1.44. The van der Waals surface area contributed by atoms with Crippen LogP contribution in [-0.2, 0) is 14.4 Å². The van der Waals surface area contributed by atoms with Crippen LogP contribution in [0.3, 0.4) is 0 Å². The van der Waals surface area contributed by atoms with Gasteiger partial charge < -0.3 is 24.3 Å². The molecule has 0 saturated carbocycles. The Bertz CT molecular complexity index is 1480. The zero-order valence-electron chi connectivity index (χ0n) is 23.5. The van der Waals surface area contributed by atoms with Crippen molar-refractivity contribution < 1.29 is 38.1 Å². The Morgan fingerprint density at radius 2 is 1.60 bits per heavy atom. The number of urea groups is 1. The molecule has 11 nitrogen and oxygen atoms in total. The molecule has 0 unspecified atom stereocenters. The van der Waals surface area contributed by atoms with Crippen LogP contribution in [-0.4, -0.2) is 50.7 Å². The Morgan fingerprint density at radius 3 is 2.26 bits per heavy atom. The highest BCUT2D eigenvalue weighted by molar-refractivity contribution is 6.39. The summed E-state index contributed by atoms with van der Waals surface area (Å²) in [5.74, 6) is -0.00784. The Kier molecular flexibility index (Phi) is 9.77. The van der Waals surface area contributed by atoms with E-state index < -0.39 is 17.8 Å². The second-order valence-corrected chi connectivity index (χ2v) is 9.00. The fourth-order valence-electron chi connectivity index (χ4n) is 3.97. The molecular formula is C31H31N3O8. The van der Waals surface area contributed by atoms with Crippen molar-refractivity contribution in [2.24, 2.45) is 0 Å². The third kappa shape index (κ3) is 7.25. The van der Waals surface area contributed by atoms with Crippen molar-refractivity contribution in [1.29, 1.82) is 0 Å². The SMILES string of the molecule is CCCOc1ccc(N2C(=O)NC(=O)/C(=C\c3ccc(OCC(=O)Nc4ccc(OC)cc4)cc3)C2=O)cc1OCC. The van der Waals surface area contributed by atoms with Crippen molar-refractivity contribution in [2.75, 3.05) is 37.1 Å². The van der Waals surface area contributed by atoms with Gasteiger partial charge >= 0.3 is 6.03 Å². The molecule has 0 aliphatic carbocycles. The van der Waals surface area contributed by atoms with E-state index in [4.69, 9.17) is 18.9 Å². The zero-order valence-corrected chi connectivity index (χ0v) is 23.5. The fraction of sp³-hybridized carbons (Fsp3) is 0.226. The van der Waals surface area contributed by atoms with Gasteiger partial charge in [-0.25, -0.2) is 9.69 Å². The number of barbiturate groups is 1. The first-order chi connectivity index (χ1) is 20.3. The minimum atomic E-state index is -0.872. The van der Waals surface area contributed by atoms with E-state index in [1.54, 1.807) is 67.8 Å². The molecule has 11 heteroatoms. The number of carbonyl (C=O) groups is 4. The van der Waals surface area contributed by atoms with E-state index in [-0.39, 0.29) is 23.8 Å². The maximum atomic E-state index is 13.3. The quantitative estimate of drug-likeness (QED) is 0.238. The topological polar surface area (TPSA) is 132 Å². The van der Waals surface area contributed by atoms with Gasteiger partial charge in [0, 0.05) is 11.8 Å². The van der Waals surface area contributed by atoms with Gasteiger partial charge in [-0.2, -0.15) is 0 Å².